The van der Waals surface area contributed by atoms with E-state index in [1.807, 2.05) is 0 Å². The lowest BCUT2D eigenvalue weighted by Gasteiger charge is -2.26. The largest absolute Gasteiger partial charge is 0.507 e. The maximum absolute atomic E-state index is 13.2. The molecule has 0 unspecified atom stereocenters. The lowest BCUT2D eigenvalue weighted by molar-refractivity contribution is -0.132. The first-order valence-electron chi connectivity index (χ1n) is 10.8. The topological polar surface area (TPSA) is 93.1 Å². The minimum Gasteiger partial charge on any atom is -0.507 e. The Labute approximate surface area is 207 Å². The van der Waals surface area contributed by atoms with Gasteiger partial charge >= 0.3 is 5.97 Å². The van der Waals surface area contributed by atoms with Crippen LogP contribution in [-0.2, 0) is 14.3 Å². The first kappa shape index (κ1) is 24.0. The minimum atomic E-state index is -0.987. The number of benzene rings is 3. The average molecular weight is 492 g/mol. The van der Waals surface area contributed by atoms with Crippen molar-refractivity contribution in [2.75, 3.05) is 18.6 Å². The van der Waals surface area contributed by atoms with Gasteiger partial charge in [-0.25, -0.2) is 4.79 Å². The van der Waals surface area contributed by atoms with Gasteiger partial charge in [-0.1, -0.05) is 29.8 Å². The Morgan fingerprint density at radius 3 is 2.20 bits per heavy atom. The maximum Gasteiger partial charge on any atom is 0.338 e. The molecule has 0 bridgehead atoms. The second-order valence-electron chi connectivity index (χ2n) is 7.69. The van der Waals surface area contributed by atoms with Gasteiger partial charge in [0.2, 0.25) is 0 Å². The number of ether oxygens (including phenoxy) is 2. The van der Waals surface area contributed by atoms with E-state index in [4.69, 9.17) is 21.1 Å². The maximum atomic E-state index is 13.2. The molecule has 0 spiro atoms. The van der Waals surface area contributed by atoms with Crippen molar-refractivity contribution in [3.8, 4) is 5.75 Å². The number of carbonyl (C=O) groups is 3. The highest BCUT2D eigenvalue weighted by atomic mass is 35.5. The molecule has 0 saturated carbocycles. The van der Waals surface area contributed by atoms with Crippen molar-refractivity contribution >= 4 is 40.7 Å². The number of hydrogen-bond donors (Lipinski definition) is 1. The summed E-state index contributed by atoms with van der Waals surface area (Å²) in [4.78, 5) is 39.8. The number of aliphatic hydroxyl groups excluding tert-OH is 1. The van der Waals surface area contributed by atoms with Crippen molar-refractivity contribution < 1.29 is 29.0 Å². The molecule has 4 rings (SSSR count). The summed E-state index contributed by atoms with van der Waals surface area (Å²) in [7, 11) is 1.52. The molecule has 8 heteroatoms. The van der Waals surface area contributed by atoms with Gasteiger partial charge in [0.1, 0.15) is 11.5 Å². The molecule has 3 aromatic carbocycles. The average Bonchev–Trinajstić information content (AvgIpc) is 3.14. The van der Waals surface area contributed by atoms with E-state index in [0.717, 1.165) is 0 Å². The highest BCUT2D eigenvalue weighted by Crippen LogP contribution is 2.44. The van der Waals surface area contributed by atoms with E-state index in [-0.39, 0.29) is 17.9 Å². The molecule has 1 fully saturated rings. The highest BCUT2D eigenvalue weighted by molar-refractivity contribution is 6.52. The third-order valence-electron chi connectivity index (χ3n) is 5.66. The van der Waals surface area contributed by atoms with Crippen LogP contribution in [0.4, 0.5) is 5.69 Å². The summed E-state index contributed by atoms with van der Waals surface area (Å²) >= 11 is 6.48. The van der Waals surface area contributed by atoms with Crippen LogP contribution < -0.4 is 9.64 Å². The van der Waals surface area contributed by atoms with E-state index >= 15 is 0 Å². The van der Waals surface area contributed by atoms with Crippen LogP contribution in [0.1, 0.15) is 34.5 Å². The molecule has 1 saturated heterocycles. The number of carbonyl (C=O) groups excluding carboxylic acids is 3. The van der Waals surface area contributed by atoms with Gasteiger partial charge in [0.25, 0.3) is 11.7 Å². The summed E-state index contributed by atoms with van der Waals surface area (Å²) in [6.45, 7) is 1.94. The van der Waals surface area contributed by atoms with E-state index < -0.39 is 23.7 Å². The smallest absolute Gasteiger partial charge is 0.338 e. The molecule has 7 nitrogen and oxygen atoms in total. The van der Waals surface area contributed by atoms with E-state index in [0.29, 0.717) is 33.1 Å². The second-order valence-corrected chi connectivity index (χ2v) is 8.09. The van der Waals surface area contributed by atoms with Gasteiger partial charge in [0, 0.05) is 16.3 Å². The summed E-state index contributed by atoms with van der Waals surface area (Å²) in [6, 6.07) is 18.4. The van der Waals surface area contributed by atoms with Crippen molar-refractivity contribution in [3.05, 3.63) is 100 Å². The SMILES string of the molecule is CCOC(=O)c1ccc(N2C(=O)C(=O)/C(=C(\O)c3ccc(OC)cc3)[C@@H]2c2ccccc2Cl)cc1. The first-order chi connectivity index (χ1) is 16.9. The minimum absolute atomic E-state index is 0.0947. The molecule has 35 heavy (non-hydrogen) atoms. The van der Waals surface area contributed by atoms with E-state index in [1.54, 1.807) is 67.6 Å². The van der Waals surface area contributed by atoms with Gasteiger partial charge in [-0.3, -0.25) is 14.5 Å². The standard InChI is InChI=1S/C27H22ClNO6/c1-3-35-27(33)17-8-12-18(13-9-17)29-23(20-6-4-5-7-21(20)28)22(25(31)26(29)32)24(30)16-10-14-19(34-2)15-11-16/h4-15,23,30H,3H2,1-2H3/b24-22-/t23-/m0/s1. The number of aliphatic hydroxyl groups is 1. The quantitative estimate of drug-likeness (QED) is 0.222. The number of nitrogens with zero attached hydrogens (tertiary/aromatic N) is 1. The number of Topliss-reactive ketones (excluding diaryl/α,β-unsaturated/α-hetero) is 1. The van der Waals surface area contributed by atoms with Crippen LogP contribution in [0.3, 0.4) is 0 Å². The Morgan fingerprint density at radius 2 is 1.60 bits per heavy atom. The molecule has 1 aliphatic heterocycles. The van der Waals surface area contributed by atoms with Crippen molar-refractivity contribution in [1.82, 2.24) is 0 Å². The Bertz CT molecular complexity index is 1310. The molecule has 0 aliphatic carbocycles. The highest BCUT2D eigenvalue weighted by Gasteiger charge is 2.47. The van der Waals surface area contributed by atoms with Gasteiger partial charge in [0.05, 0.1) is 30.9 Å². The molecule has 3 aromatic rings. The van der Waals surface area contributed by atoms with Crippen molar-refractivity contribution in [2.24, 2.45) is 0 Å². The van der Waals surface area contributed by atoms with Crippen LogP contribution in [0.25, 0.3) is 5.76 Å². The van der Waals surface area contributed by atoms with Gasteiger partial charge in [-0.05, 0) is 67.1 Å². The number of methoxy groups -OCH3 is 1. The second kappa shape index (κ2) is 10.0. The molecule has 1 atom stereocenters. The zero-order valence-corrected chi connectivity index (χ0v) is 19.8. The lowest BCUT2D eigenvalue weighted by Crippen LogP contribution is -2.29. The summed E-state index contributed by atoms with van der Waals surface area (Å²) in [5.41, 5.74) is 1.39. The van der Waals surface area contributed by atoms with E-state index in [2.05, 4.69) is 0 Å². The monoisotopic (exact) mass is 491 g/mol. The van der Waals surface area contributed by atoms with Crippen LogP contribution in [0.2, 0.25) is 5.02 Å². The van der Waals surface area contributed by atoms with Crippen molar-refractivity contribution in [3.63, 3.8) is 0 Å². The summed E-state index contributed by atoms with van der Waals surface area (Å²) in [5.74, 6) is -1.93. The third kappa shape index (κ3) is 4.50. The lowest BCUT2D eigenvalue weighted by atomic mass is 9.95. The molecular weight excluding hydrogens is 470 g/mol. The fourth-order valence-electron chi connectivity index (χ4n) is 3.97. The normalized spacial score (nSPS) is 16.9. The van der Waals surface area contributed by atoms with Crippen LogP contribution in [0, 0.1) is 0 Å². The van der Waals surface area contributed by atoms with Crippen LogP contribution in [0.5, 0.6) is 5.75 Å². The number of hydrogen-bond acceptors (Lipinski definition) is 6. The predicted octanol–water partition coefficient (Wildman–Crippen LogP) is 5.15. The summed E-state index contributed by atoms with van der Waals surface area (Å²) < 4.78 is 10.2. The number of anilines is 1. The molecule has 178 valence electrons. The van der Waals surface area contributed by atoms with Crippen molar-refractivity contribution in [2.45, 2.75) is 13.0 Å². The Hall–Kier alpha value is -4.10. The number of ketones is 1. The number of amides is 1. The fraction of sp³-hybridized carbons (Fsp3) is 0.148. The van der Waals surface area contributed by atoms with Crippen LogP contribution >= 0.6 is 11.6 Å². The Kier molecular flexibility index (Phi) is 6.89. The molecular formula is C27H22ClNO6. The van der Waals surface area contributed by atoms with E-state index in [1.165, 1.54) is 24.1 Å². The molecule has 1 aliphatic rings. The van der Waals surface area contributed by atoms with Gasteiger partial charge in [0.15, 0.2) is 0 Å². The third-order valence-corrected chi connectivity index (χ3v) is 6.01. The van der Waals surface area contributed by atoms with Gasteiger partial charge in [-0.2, -0.15) is 0 Å². The molecule has 0 aromatic heterocycles. The van der Waals surface area contributed by atoms with Gasteiger partial charge in [-0.15, -0.1) is 0 Å². The molecule has 1 amide bonds. The Balaban J connectivity index is 1.86. The number of rotatable bonds is 6. The predicted molar refractivity (Wildman–Crippen MR) is 132 cm³/mol. The number of halogens is 1. The van der Waals surface area contributed by atoms with E-state index in [9.17, 15) is 19.5 Å². The number of esters is 1. The van der Waals surface area contributed by atoms with Crippen molar-refractivity contribution in [1.29, 1.82) is 0 Å². The first-order valence-corrected chi connectivity index (χ1v) is 11.2. The zero-order valence-electron chi connectivity index (χ0n) is 19.0. The zero-order chi connectivity index (χ0) is 25.1. The van der Waals surface area contributed by atoms with Crippen LogP contribution in [0.15, 0.2) is 78.4 Å². The van der Waals surface area contributed by atoms with Crippen LogP contribution in [-0.4, -0.2) is 36.5 Å². The molecule has 1 N–H and O–H groups in total. The summed E-state index contributed by atoms with van der Waals surface area (Å²) in [6.07, 6.45) is 0. The molecule has 1 heterocycles. The molecule has 0 radical (unpaired) electrons. The Morgan fingerprint density at radius 1 is 0.971 bits per heavy atom. The van der Waals surface area contributed by atoms with Gasteiger partial charge < -0.3 is 14.6 Å². The summed E-state index contributed by atoms with van der Waals surface area (Å²) in [5, 5.41) is 11.5. The fourth-order valence-corrected chi connectivity index (χ4v) is 4.21.